The van der Waals surface area contributed by atoms with Crippen LogP contribution in [-0.2, 0) is 17.6 Å². The van der Waals surface area contributed by atoms with E-state index >= 15 is 0 Å². The third-order valence-corrected chi connectivity index (χ3v) is 3.85. The SMILES string of the molecule is COc1ccccc1C(=O)NCCc1ccc2c(c1)CC(=O)N2. The van der Waals surface area contributed by atoms with E-state index in [2.05, 4.69) is 10.6 Å². The van der Waals surface area contributed by atoms with Crippen LogP contribution in [0.4, 0.5) is 5.69 Å². The predicted molar refractivity (Wildman–Crippen MR) is 87.8 cm³/mol. The average Bonchev–Trinajstić information content (AvgIpc) is 2.94. The molecule has 0 atom stereocenters. The molecule has 0 aliphatic carbocycles. The topological polar surface area (TPSA) is 67.4 Å². The average molecular weight is 310 g/mol. The lowest BCUT2D eigenvalue weighted by Crippen LogP contribution is -2.26. The Balaban J connectivity index is 1.58. The number of fused-ring (bicyclic) bond motifs is 1. The minimum Gasteiger partial charge on any atom is -0.496 e. The molecular weight excluding hydrogens is 292 g/mol. The van der Waals surface area contributed by atoms with Gasteiger partial charge in [0.2, 0.25) is 5.91 Å². The van der Waals surface area contributed by atoms with Gasteiger partial charge in [0.15, 0.2) is 0 Å². The van der Waals surface area contributed by atoms with Gasteiger partial charge in [0, 0.05) is 12.2 Å². The second-order valence-electron chi connectivity index (χ2n) is 5.42. The van der Waals surface area contributed by atoms with Crippen molar-refractivity contribution in [1.82, 2.24) is 5.32 Å². The summed E-state index contributed by atoms with van der Waals surface area (Å²) < 4.78 is 5.19. The zero-order valence-corrected chi connectivity index (χ0v) is 12.9. The number of para-hydroxylation sites is 1. The first-order valence-electron chi connectivity index (χ1n) is 7.50. The fourth-order valence-corrected chi connectivity index (χ4v) is 2.69. The van der Waals surface area contributed by atoms with Crippen LogP contribution in [0.1, 0.15) is 21.5 Å². The van der Waals surface area contributed by atoms with E-state index in [1.165, 1.54) is 0 Å². The van der Waals surface area contributed by atoms with Crippen molar-refractivity contribution in [3.8, 4) is 5.75 Å². The second kappa shape index (κ2) is 6.52. The van der Waals surface area contributed by atoms with Crippen LogP contribution in [0, 0.1) is 0 Å². The maximum Gasteiger partial charge on any atom is 0.255 e. The second-order valence-corrected chi connectivity index (χ2v) is 5.42. The Morgan fingerprint density at radius 2 is 2.09 bits per heavy atom. The Labute approximate surface area is 134 Å². The molecule has 23 heavy (non-hydrogen) atoms. The minimum atomic E-state index is -0.152. The molecule has 5 nitrogen and oxygen atoms in total. The molecule has 5 heteroatoms. The molecule has 0 aromatic heterocycles. The number of hydrogen-bond acceptors (Lipinski definition) is 3. The zero-order chi connectivity index (χ0) is 16.2. The third kappa shape index (κ3) is 3.34. The highest BCUT2D eigenvalue weighted by Gasteiger charge is 2.17. The van der Waals surface area contributed by atoms with E-state index in [-0.39, 0.29) is 11.8 Å². The van der Waals surface area contributed by atoms with Gasteiger partial charge in [-0.15, -0.1) is 0 Å². The number of carbonyl (C=O) groups is 2. The molecule has 3 rings (SSSR count). The van der Waals surface area contributed by atoms with E-state index in [0.29, 0.717) is 30.7 Å². The van der Waals surface area contributed by atoms with Crippen molar-refractivity contribution in [3.05, 3.63) is 59.2 Å². The molecule has 0 saturated carbocycles. The third-order valence-electron chi connectivity index (χ3n) is 3.85. The molecule has 0 radical (unpaired) electrons. The smallest absolute Gasteiger partial charge is 0.255 e. The summed E-state index contributed by atoms with van der Waals surface area (Å²) in [6.07, 6.45) is 1.14. The first kappa shape index (κ1) is 15.1. The number of rotatable bonds is 5. The van der Waals surface area contributed by atoms with Crippen LogP contribution in [0.25, 0.3) is 0 Å². The van der Waals surface area contributed by atoms with Gasteiger partial charge in [0.1, 0.15) is 5.75 Å². The Morgan fingerprint density at radius 3 is 2.91 bits per heavy atom. The van der Waals surface area contributed by atoms with Gasteiger partial charge in [-0.05, 0) is 35.7 Å². The Hall–Kier alpha value is -2.82. The molecule has 1 aliphatic rings. The molecule has 2 N–H and O–H groups in total. The largest absolute Gasteiger partial charge is 0.496 e. The van der Waals surface area contributed by atoms with Crippen LogP contribution < -0.4 is 15.4 Å². The molecule has 0 spiro atoms. The quantitative estimate of drug-likeness (QED) is 0.889. The van der Waals surface area contributed by atoms with Crippen LogP contribution in [0.5, 0.6) is 5.75 Å². The van der Waals surface area contributed by atoms with Crippen molar-refractivity contribution in [2.45, 2.75) is 12.8 Å². The molecule has 1 heterocycles. The summed E-state index contributed by atoms with van der Waals surface area (Å²) in [6, 6.07) is 13.0. The van der Waals surface area contributed by atoms with Gasteiger partial charge in [-0.1, -0.05) is 24.3 Å². The van der Waals surface area contributed by atoms with Gasteiger partial charge in [-0.2, -0.15) is 0 Å². The molecule has 0 unspecified atom stereocenters. The lowest BCUT2D eigenvalue weighted by molar-refractivity contribution is -0.115. The lowest BCUT2D eigenvalue weighted by atomic mass is 10.1. The summed E-state index contributed by atoms with van der Waals surface area (Å²) >= 11 is 0. The molecular formula is C18H18N2O3. The summed E-state index contributed by atoms with van der Waals surface area (Å²) in [5.41, 5.74) is 3.53. The van der Waals surface area contributed by atoms with Crippen LogP contribution >= 0.6 is 0 Å². The van der Waals surface area contributed by atoms with Crippen LogP contribution in [0.3, 0.4) is 0 Å². The van der Waals surface area contributed by atoms with Gasteiger partial charge < -0.3 is 15.4 Å². The maximum absolute atomic E-state index is 12.2. The van der Waals surface area contributed by atoms with Gasteiger partial charge in [0.25, 0.3) is 5.91 Å². The van der Waals surface area contributed by atoms with Crippen molar-refractivity contribution in [2.24, 2.45) is 0 Å². The fraction of sp³-hybridized carbons (Fsp3) is 0.222. The Morgan fingerprint density at radius 1 is 1.26 bits per heavy atom. The maximum atomic E-state index is 12.2. The van der Waals surface area contributed by atoms with Crippen LogP contribution in [0.2, 0.25) is 0 Å². The van der Waals surface area contributed by atoms with E-state index in [1.807, 2.05) is 30.3 Å². The van der Waals surface area contributed by atoms with Crippen molar-refractivity contribution in [2.75, 3.05) is 19.0 Å². The molecule has 2 aromatic carbocycles. The van der Waals surface area contributed by atoms with Crippen molar-refractivity contribution < 1.29 is 14.3 Å². The van der Waals surface area contributed by atoms with Crippen LogP contribution in [0.15, 0.2) is 42.5 Å². The van der Waals surface area contributed by atoms with E-state index in [0.717, 1.165) is 16.8 Å². The predicted octanol–water partition coefficient (Wildman–Crippen LogP) is 2.16. The normalized spacial score (nSPS) is 12.5. The highest BCUT2D eigenvalue weighted by Crippen LogP contribution is 2.24. The Bertz CT molecular complexity index is 756. The van der Waals surface area contributed by atoms with Gasteiger partial charge in [-0.25, -0.2) is 0 Å². The number of methoxy groups -OCH3 is 1. The molecule has 118 valence electrons. The Kier molecular flexibility index (Phi) is 4.28. The van der Waals surface area contributed by atoms with Crippen molar-refractivity contribution in [3.63, 3.8) is 0 Å². The number of ether oxygens (including phenoxy) is 1. The molecule has 0 saturated heterocycles. The van der Waals surface area contributed by atoms with E-state index in [4.69, 9.17) is 4.74 Å². The number of anilines is 1. The highest BCUT2D eigenvalue weighted by atomic mass is 16.5. The minimum absolute atomic E-state index is 0.0293. The molecule has 0 fully saturated rings. The van der Waals surface area contributed by atoms with Gasteiger partial charge in [-0.3, -0.25) is 9.59 Å². The summed E-state index contributed by atoms with van der Waals surface area (Å²) in [4.78, 5) is 23.6. The van der Waals surface area contributed by atoms with Crippen molar-refractivity contribution in [1.29, 1.82) is 0 Å². The monoisotopic (exact) mass is 310 g/mol. The summed E-state index contributed by atoms with van der Waals surface area (Å²) in [7, 11) is 1.55. The number of amides is 2. The summed E-state index contributed by atoms with van der Waals surface area (Å²) in [6.45, 7) is 0.525. The summed E-state index contributed by atoms with van der Waals surface area (Å²) in [5.74, 6) is 0.439. The molecule has 1 aliphatic heterocycles. The van der Waals surface area contributed by atoms with E-state index in [1.54, 1.807) is 19.2 Å². The summed E-state index contributed by atoms with van der Waals surface area (Å²) in [5, 5.41) is 5.71. The number of nitrogens with one attached hydrogen (secondary N) is 2. The van der Waals surface area contributed by atoms with E-state index in [9.17, 15) is 9.59 Å². The molecule has 0 bridgehead atoms. The van der Waals surface area contributed by atoms with E-state index < -0.39 is 0 Å². The fourth-order valence-electron chi connectivity index (χ4n) is 2.69. The van der Waals surface area contributed by atoms with Gasteiger partial charge >= 0.3 is 0 Å². The zero-order valence-electron chi connectivity index (χ0n) is 12.9. The lowest BCUT2D eigenvalue weighted by Gasteiger charge is -2.09. The molecule has 2 amide bonds. The number of benzene rings is 2. The standard InChI is InChI=1S/C18H18N2O3/c1-23-16-5-3-2-4-14(16)18(22)19-9-8-12-6-7-15-13(10-12)11-17(21)20-15/h2-7,10H,8-9,11H2,1H3,(H,19,22)(H,20,21). The molecule has 2 aromatic rings. The first-order valence-corrected chi connectivity index (χ1v) is 7.50. The number of carbonyl (C=O) groups excluding carboxylic acids is 2. The number of hydrogen-bond donors (Lipinski definition) is 2. The van der Waals surface area contributed by atoms with Gasteiger partial charge in [0.05, 0.1) is 19.1 Å². The highest BCUT2D eigenvalue weighted by molar-refractivity contribution is 5.99. The van der Waals surface area contributed by atoms with Crippen LogP contribution in [-0.4, -0.2) is 25.5 Å². The van der Waals surface area contributed by atoms with Crippen molar-refractivity contribution >= 4 is 17.5 Å². The first-order chi connectivity index (χ1) is 11.2.